The highest BCUT2D eigenvalue weighted by Gasteiger charge is 2.34. The quantitative estimate of drug-likeness (QED) is 0.672. The Morgan fingerprint density at radius 2 is 2.03 bits per heavy atom. The van der Waals surface area contributed by atoms with E-state index >= 15 is 0 Å². The predicted molar refractivity (Wildman–Crippen MR) is 112 cm³/mol. The predicted octanol–water partition coefficient (Wildman–Crippen LogP) is 4.43. The van der Waals surface area contributed by atoms with Crippen molar-refractivity contribution in [1.82, 2.24) is 15.0 Å². The number of ether oxygens (including phenoxy) is 2. The molecule has 2 heterocycles. The van der Waals surface area contributed by atoms with E-state index in [-0.39, 0.29) is 12.1 Å². The number of carbonyl (C=O) groups is 1. The van der Waals surface area contributed by atoms with Gasteiger partial charge in [-0.25, -0.2) is 4.79 Å². The van der Waals surface area contributed by atoms with Crippen LogP contribution in [0.15, 0.2) is 47.0 Å². The number of rotatable bonds is 5. The fourth-order valence-electron chi connectivity index (χ4n) is 3.67. The van der Waals surface area contributed by atoms with E-state index in [0.717, 1.165) is 35.4 Å². The first kappa shape index (κ1) is 19.8. The number of hydrogen-bond acceptors (Lipinski definition) is 6. The lowest BCUT2D eigenvalue weighted by Crippen LogP contribution is -2.34. The van der Waals surface area contributed by atoms with Crippen LogP contribution in [-0.4, -0.2) is 41.8 Å². The van der Waals surface area contributed by atoms with Crippen LogP contribution >= 0.6 is 0 Å². The normalized spacial score (nSPS) is 15.8. The van der Waals surface area contributed by atoms with E-state index in [0.29, 0.717) is 24.0 Å². The molecule has 4 rings (SSSR count). The largest absolute Gasteiger partial charge is 0.497 e. The third-order valence-corrected chi connectivity index (χ3v) is 5.26. The maximum absolute atomic E-state index is 13.0. The van der Waals surface area contributed by atoms with Gasteiger partial charge in [-0.3, -0.25) is 0 Å². The average Bonchev–Trinajstić information content (AvgIpc) is 3.44. The van der Waals surface area contributed by atoms with E-state index in [9.17, 15) is 4.79 Å². The summed E-state index contributed by atoms with van der Waals surface area (Å²) < 4.78 is 16.1. The minimum Gasteiger partial charge on any atom is -0.497 e. The van der Waals surface area contributed by atoms with Crippen molar-refractivity contribution in [2.75, 3.05) is 26.1 Å². The molecule has 0 radical (unpaired) electrons. The second kappa shape index (κ2) is 8.44. The first-order valence-corrected chi connectivity index (χ1v) is 9.80. The van der Waals surface area contributed by atoms with Crippen LogP contribution in [0.3, 0.4) is 0 Å². The number of benzene rings is 2. The topological polar surface area (TPSA) is 89.7 Å². The molecule has 1 saturated heterocycles. The van der Waals surface area contributed by atoms with Crippen LogP contribution < -0.4 is 14.8 Å². The van der Waals surface area contributed by atoms with Crippen LogP contribution in [0.5, 0.6) is 11.5 Å². The number of amides is 2. The van der Waals surface area contributed by atoms with Gasteiger partial charge in [0.05, 0.1) is 19.8 Å². The number of aromatic nitrogens is 2. The Labute approximate surface area is 174 Å². The summed E-state index contributed by atoms with van der Waals surface area (Å²) in [7, 11) is 3.22. The molecule has 0 bridgehead atoms. The molecular formula is C22H24N4O4. The summed E-state index contributed by atoms with van der Waals surface area (Å²) in [6, 6.07) is 12.6. The van der Waals surface area contributed by atoms with Gasteiger partial charge in [-0.15, -0.1) is 0 Å². The Morgan fingerprint density at radius 1 is 1.20 bits per heavy atom. The summed E-state index contributed by atoms with van der Waals surface area (Å²) in [5.41, 5.74) is 2.42. The number of anilines is 1. The van der Waals surface area contributed by atoms with E-state index < -0.39 is 0 Å². The van der Waals surface area contributed by atoms with Crippen LogP contribution in [0.2, 0.25) is 0 Å². The smallest absolute Gasteiger partial charge is 0.322 e. The molecule has 1 N–H and O–H groups in total. The maximum atomic E-state index is 13.0. The Morgan fingerprint density at radius 3 is 2.80 bits per heavy atom. The monoisotopic (exact) mass is 408 g/mol. The highest BCUT2D eigenvalue weighted by atomic mass is 16.5. The van der Waals surface area contributed by atoms with Crippen LogP contribution in [0.1, 0.15) is 30.3 Å². The Hall–Kier alpha value is -3.55. The molecule has 30 heavy (non-hydrogen) atoms. The maximum Gasteiger partial charge on any atom is 0.322 e. The summed E-state index contributed by atoms with van der Waals surface area (Å²) in [6.07, 6.45) is 1.63. The van der Waals surface area contributed by atoms with Gasteiger partial charge < -0.3 is 24.2 Å². The van der Waals surface area contributed by atoms with Gasteiger partial charge in [-0.05, 0) is 55.7 Å². The van der Waals surface area contributed by atoms with Gasteiger partial charge in [0.1, 0.15) is 17.5 Å². The third-order valence-electron chi connectivity index (χ3n) is 5.26. The van der Waals surface area contributed by atoms with Crippen molar-refractivity contribution < 1.29 is 18.8 Å². The molecule has 1 aromatic heterocycles. The van der Waals surface area contributed by atoms with Crippen molar-refractivity contribution in [3.05, 3.63) is 53.9 Å². The fraction of sp³-hybridized carbons (Fsp3) is 0.318. The summed E-state index contributed by atoms with van der Waals surface area (Å²) in [5.74, 6) is 2.29. The molecule has 2 aromatic carbocycles. The summed E-state index contributed by atoms with van der Waals surface area (Å²) in [6.45, 7) is 2.55. The van der Waals surface area contributed by atoms with Crippen molar-refractivity contribution in [2.24, 2.45) is 0 Å². The molecule has 0 aliphatic carbocycles. The minimum atomic E-state index is -0.264. The Bertz CT molecular complexity index is 1050. The van der Waals surface area contributed by atoms with Crippen LogP contribution in [0.4, 0.5) is 10.5 Å². The standard InChI is InChI=1S/C22H24N4O4/c1-14-13-15(28-2)10-11-17(14)23-22(27)26-12-6-8-18(26)21-24-20(25-30-21)16-7-4-5-9-19(16)29-3/h4-5,7,9-11,13,18H,6,8,12H2,1-3H3,(H,23,27)/t18-/m1/s1. The molecule has 1 fully saturated rings. The first-order chi connectivity index (χ1) is 14.6. The zero-order valence-electron chi connectivity index (χ0n) is 17.2. The molecule has 1 aliphatic rings. The average molecular weight is 408 g/mol. The minimum absolute atomic E-state index is 0.192. The second-order valence-corrected chi connectivity index (χ2v) is 7.12. The van der Waals surface area contributed by atoms with Gasteiger partial charge in [-0.2, -0.15) is 4.98 Å². The van der Waals surface area contributed by atoms with E-state index in [1.165, 1.54) is 0 Å². The number of urea groups is 1. The van der Waals surface area contributed by atoms with Crippen molar-refractivity contribution >= 4 is 11.7 Å². The molecule has 0 spiro atoms. The zero-order valence-corrected chi connectivity index (χ0v) is 17.2. The molecule has 1 aliphatic heterocycles. The number of aryl methyl sites for hydroxylation is 1. The van der Waals surface area contributed by atoms with Crippen molar-refractivity contribution in [1.29, 1.82) is 0 Å². The van der Waals surface area contributed by atoms with Crippen LogP contribution in [-0.2, 0) is 0 Å². The van der Waals surface area contributed by atoms with Gasteiger partial charge in [0.15, 0.2) is 0 Å². The summed E-state index contributed by atoms with van der Waals surface area (Å²) in [4.78, 5) is 19.3. The van der Waals surface area contributed by atoms with E-state index in [4.69, 9.17) is 14.0 Å². The Kier molecular flexibility index (Phi) is 5.56. The molecule has 0 unspecified atom stereocenters. The lowest BCUT2D eigenvalue weighted by atomic mass is 10.2. The molecule has 0 saturated carbocycles. The molecule has 2 amide bonds. The molecule has 8 heteroatoms. The highest BCUT2D eigenvalue weighted by Crippen LogP contribution is 2.34. The van der Waals surface area contributed by atoms with Crippen LogP contribution in [0, 0.1) is 6.92 Å². The lowest BCUT2D eigenvalue weighted by molar-refractivity contribution is 0.193. The lowest BCUT2D eigenvalue weighted by Gasteiger charge is -2.23. The van der Waals surface area contributed by atoms with Crippen molar-refractivity contribution in [3.63, 3.8) is 0 Å². The first-order valence-electron chi connectivity index (χ1n) is 9.80. The second-order valence-electron chi connectivity index (χ2n) is 7.12. The van der Waals surface area contributed by atoms with Crippen molar-refractivity contribution in [3.8, 4) is 22.9 Å². The molecule has 1 atom stereocenters. The Balaban J connectivity index is 1.53. The van der Waals surface area contributed by atoms with E-state index in [2.05, 4.69) is 15.5 Å². The summed E-state index contributed by atoms with van der Waals surface area (Å²) in [5, 5.41) is 7.09. The number of hydrogen-bond donors (Lipinski definition) is 1. The zero-order chi connectivity index (χ0) is 21.1. The van der Waals surface area contributed by atoms with Gasteiger partial charge in [0, 0.05) is 12.2 Å². The number of nitrogens with one attached hydrogen (secondary N) is 1. The van der Waals surface area contributed by atoms with E-state index in [1.807, 2.05) is 49.4 Å². The van der Waals surface area contributed by atoms with Crippen LogP contribution in [0.25, 0.3) is 11.4 Å². The number of likely N-dealkylation sites (tertiary alicyclic amines) is 1. The molecule has 3 aromatic rings. The molecule has 8 nitrogen and oxygen atoms in total. The molecule has 156 valence electrons. The number of methoxy groups -OCH3 is 2. The van der Waals surface area contributed by atoms with Crippen molar-refractivity contribution in [2.45, 2.75) is 25.8 Å². The number of para-hydroxylation sites is 1. The molecular weight excluding hydrogens is 384 g/mol. The highest BCUT2D eigenvalue weighted by molar-refractivity contribution is 5.90. The number of carbonyl (C=O) groups excluding carboxylic acids is 1. The summed E-state index contributed by atoms with van der Waals surface area (Å²) >= 11 is 0. The van der Waals surface area contributed by atoms with E-state index in [1.54, 1.807) is 19.1 Å². The number of nitrogens with zero attached hydrogens (tertiary/aromatic N) is 3. The van der Waals surface area contributed by atoms with Gasteiger partial charge in [-0.1, -0.05) is 17.3 Å². The van der Waals surface area contributed by atoms with Gasteiger partial charge in [0.25, 0.3) is 0 Å². The fourth-order valence-corrected chi connectivity index (χ4v) is 3.67. The van der Waals surface area contributed by atoms with Gasteiger partial charge >= 0.3 is 6.03 Å². The SMILES string of the molecule is COc1ccc(NC(=O)N2CCC[C@@H]2c2nc(-c3ccccc3OC)no2)c(C)c1. The van der Waals surface area contributed by atoms with Gasteiger partial charge in [0.2, 0.25) is 11.7 Å². The third kappa shape index (κ3) is 3.80.